The van der Waals surface area contributed by atoms with Crippen LogP contribution in [0.1, 0.15) is 36.2 Å². The van der Waals surface area contributed by atoms with Crippen LogP contribution in [0.15, 0.2) is 24.3 Å². The van der Waals surface area contributed by atoms with Crippen LogP contribution in [0.4, 0.5) is 0 Å². The predicted molar refractivity (Wildman–Crippen MR) is 81.6 cm³/mol. The molecular formula is C14H20N2O5S. The number of primary sulfonamides is 1. The number of benzene rings is 1. The van der Waals surface area contributed by atoms with Crippen molar-refractivity contribution < 1.29 is 23.1 Å². The molecule has 0 saturated carbocycles. The van der Waals surface area contributed by atoms with Crippen molar-refractivity contribution in [3.8, 4) is 0 Å². The monoisotopic (exact) mass is 328 g/mol. The van der Waals surface area contributed by atoms with Crippen molar-refractivity contribution in [2.45, 2.75) is 32.1 Å². The van der Waals surface area contributed by atoms with Crippen LogP contribution in [0.25, 0.3) is 0 Å². The molecule has 0 aliphatic heterocycles. The molecular weight excluding hydrogens is 308 g/mol. The summed E-state index contributed by atoms with van der Waals surface area (Å²) in [5.41, 5.74) is 0.712. The van der Waals surface area contributed by atoms with E-state index in [2.05, 4.69) is 5.32 Å². The van der Waals surface area contributed by atoms with Crippen LogP contribution in [0.5, 0.6) is 0 Å². The van der Waals surface area contributed by atoms with Gasteiger partial charge in [0.25, 0.3) is 5.91 Å². The highest BCUT2D eigenvalue weighted by molar-refractivity contribution is 7.88. The number of rotatable bonds is 7. The third-order valence-corrected chi connectivity index (χ3v) is 3.63. The van der Waals surface area contributed by atoms with Crippen LogP contribution < -0.4 is 10.5 Å². The maximum absolute atomic E-state index is 12.0. The molecule has 0 radical (unpaired) electrons. The largest absolute Gasteiger partial charge is 0.480 e. The fourth-order valence-electron chi connectivity index (χ4n) is 1.92. The Kier molecular flexibility index (Phi) is 6.07. The third kappa shape index (κ3) is 6.23. The van der Waals surface area contributed by atoms with Gasteiger partial charge in [0.05, 0.1) is 5.75 Å². The first-order valence-corrected chi connectivity index (χ1v) is 8.43. The molecule has 1 atom stereocenters. The van der Waals surface area contributed by atoms with Gasteiger partial charge in [-0.25, -0.2) is 18.4 Å². The molecule has 122 valence electrons. The average molecular weight is 328 g/mol. The summed E-state index contributed by atoms with van der Waals surface area (Å²) >= 11 is 0. The molecule has 0 fully saturated rings. The van der Waals surface area contributed by atoms with Gasteiger partial charge in [0.15, 0.2) is 0 Å². The van der Waals surface area contributed by atoms with Gasteiger partial charge in [0.1, 0.15) is 6.04 Å². The quantitative estimate of drug-likeness (QED) is 0.679. The number of hydrogen-bond donors (Lipinski definition) is 3. The fourth-order valence-corrected chi connectivity index (χ4v) is 2.58. The zero-order valence-electron chi connectivity index (χ0n) is 12.4. The molecule has 0 saturated heterocycles. The van der Waals surface area contributed by atoms with E-state index in [4.69, 9.17) is 10.2 Å². The second-order valence-electron chi connectivity index (χ2n) is 5.50. The fraction of sp³-hybridized carbons (Fsp3) is 0.429. The predicted octanol–water partition coefficient (Wildman–Crippen LogP) is 0.704. The summed E-state index contributed by atoms with van der Waals surface area (Å²) in [5.74, 6) is -1.80. The molecule has 0 unspecified atom stereocenters. The van der Waals surface area contributed by atoms with Crippen molar-refractivity contribution in [2.24, 2.45) is 11.1 Å². The molecule has 8 heteroatoms. The summed E-state index contributed by atoms with van der Waals surface area (Å²) in [7, 11) is -3.63. The molecule has 4 N–H and O–H groups in total. The smallest absolute Gasteiger partial charge is 0.326 e. The molecule has 0 aliphatic carbocycles. The lowest BCUT2D eigenvalue weighted by Crippen LogP contribution is -2.41. The SMILES string of the molecule is CC(C)C[C@H](NC(=O)c1ccc(CS(N)(=O)=O)cc1)C(=O)O. The van der Waals surface area contributed by atoms with Gasteiger partial charge >= 0.3 is 5.97 Å². The van der Waals surface area contributed by atoms with Crippen LogP contribution >= 0.6 is 0 Å². The lowest BCUT2D eigenvalue weighted by Gasteiger charge is -2.16. The number of nitrogens with two attached hydrogens (primary N) is 1. The molecule has 1 aromatic carbocycles. The molecule has 7 nitrogen and oxygen atoms in total. The number of aliphatic carboxylic acids is 1. The second-order valence-corrected chi connectivity index (χ2v) is 7.11. The zero-order valence-corrected chi connectivity index (χ0v) is 13.3. The van der Waals surface area contributed by atoms with E-state index in [1.54, 1.807) is 0 Å². The van der Waals surface area contributed by atoms with E-state index < -0.39 is 27.9 Å². The zero-order chi connectivity index (χ0) is 16.9. The van der Waals surface area contributed by atoms with E-state index in [1.165, 1.54) is 24.3 Å². The summed E-state index contributed by atoms with van der Waals surface area (Å²) in [6.07, 6.45) is 0.324. The van der Waals surface area contributed by atoms with Crippen LogP contribution in [-0.4, -0.2) is 31.4 Å². The normalized spacial score (nSPS) is 12.9. The molecule has 22 heavy (non-hydrogen) atoms. The molecule has 1 amide bonds. The van der Waals surface area contributed by atoms with Crippen molar-refractivity contribution in [1.29, 1.82) is 0 Å². The summed E-state index contributed by atoms with van der Waals surface area (Å²) in [5, 5.41) is 16.5. The summed E-state index contributed by atoms with van der Waals surface area (Å²) in [6.45, 7) is 3.73. The first-order chi connectivity index (χ1) is 10.1. The van der Waals surface area contributed by atoms with Gasteiger partial charge in [-0.2, -0.15) is 0 Å². The van der Waals surface area contributed by atoms with E-state index in [0.29, 0.717) is 12.0 Å². The Hall–Kier alpha value is -1.93. The van der Waals surface area contributed by atoms with Gasteiger partial charge in [0.2, 0.25) is 10.0 Å². The van der Waals surface area contributed by atoms with Gasteiger partial charge < -0.3 is 10.4 Å². The highest BCUT2D eigenvalue weighted by Crippen LogP contribution is 2.09. The Bertz CT molecular complexity index is 638. The van der Waals surface area contributed by atoms with Crippen LogP contribution in [0, 0.1) is 5.92 Å². The van der Waals surface area contributed by atoms with Gasteiger partial charge in [-0.05, 0) is 30.0 Å². The summed E-state index contributed by atoms with van der Waals surface area (Å²) < 4.78 is 22.0. The third-order valence-electron chi connectivity index (χ3n) is 2.89. The van der Waals surface area contributed by atoms with E-state index >= 15 is 0 Å². The van der Waals surface area contributed by atoms with Crippen LogP contribution in [0.3, 0.4) is 0 Å². The molecule has 1 aromatic rings. The first kappa shape index (κ1) is 18.1. The van der Waals surface area contributed by atoms with Crippen LogP contribution in [-0.2, 0) is 20.6 Å². The number of carbonyl (C=O) groups is 2. The van der Waals surface area contributed by atoms with Crippen molar-refractivity contribution in [1.82, 2.24) is 5.32 Å². The van der Waals surface area contributed by atoms with Crippen molar-refractivity contribution in [2.75, 3.05) is 0 Å². The topological polar surface area (TPSA) is 127 Å². The second kappa shape index (κ2) is 7.37. The van der Waals surface area contributed by atoms with E-state index in [-0.39, 0.29) is 17.2 Å². The Labute approximate surface area is 129 Å². The minimum atomic E-state index is -3.63. The average Bonchev–Trinajstić information content (AvgIpc) is 2.36. The molecule has 0 aliphatic rings. The number of amides is 1. The van der Waals surface area contributed by atoms with Gasteiger partial charge in [0, 0.05) is 5.56 Å². The number of carbonyl (C=O) groups excluding carboxylic acids is 1. The summed E-state index contributed by atoms with van der Waals surface area (Å²) in [6, 6.07) is 4.85. The first-order valence-electron chi connectivity index (χ1n) is 6.71. The highest BCUT2D eigenvalue weighted by Gasteiger charge is 2.21. The maximum Gasteiger partial charge on any atom is 0.326 e. The standard InChI is InChI=1S/C14H20N2O5S/c1-9(2)7-12(14(18)19)16-13(17)11-5-3-10(4-6-11)8-22(15,20)21/h3-6,9,12H,7-8H2,1-2H3,(H,16,17)(H,18,19)(H2,15,20,21)/t12-/m0/s1. The molecule has 0 heterocycles. The number of nitrogens with one attached hydrogen (secondary N) is 1. The van der Waals surface area contributed by atoms with E-state index in [9.17, 15) is 18.0 Å². The minimum absolute atomic E-state index is 0.124. The number of carboxylic acids is 1. The van der Waals surface area contributed by atoms with Crippen molar-refractivity contribution in [3.05, 3.63) is 35.4 Å². The lowest BCUT2D eigenvalue weighted by atomic mass is 10.0. The van der Waals surface area contributed by atoms with Gasteiger partial charge in [-0.3, -0.25) is 4.79 Å². The molecule has 0 aromatic heterocycles. The number of carboxylic acid groups (broad SMARTS) is 1. The highest BCUT2D eigenvalue weighted by atomic mass is 32.2. The molecule has 1 rings (SSSR count). The van der Waals surface area contributed by atoms with Gasteiger partial charge in [-0.15, -0.1) is 0 Å². The number of hydrogen-bond acceptors (Lipinski definition) is 4. The molecule has 0 bridgehead atoms. The van der Waals surface area contributed by atoms with E-state index in [0.717, 1.165) is 0 Å². The maximum atomic E-state index is 12.0. The Morgan fingerprint density at radius 2 is 1.77 bits per heavy atom. The van der Waals surface area contributed by atoms with Gasteiger partial charge in [-0.1, -0.05) is 26.0 Å². The Morgan fingerprint density at radius 1 is 1.23 bits per heavy atom. The summed E-state index contributed by atoms with van der Waals surface area (Å²) in [4.78, 5) is 23.1. The minimum Gasteiger partial charge on any atom is -0.480 e. The van der Waals surface area contributed by atoms with Crippen molar-refractivity contribution in [3.63, 3.8) is 0 Å². The number of sulfonamides is 1. The molecule has 0 spiro atoms. The van der Waals surface area contributed by atoms with Crippen LogP contribution in [0.2, 0.25) is 0 Å². The lowest BCUT2D eigenvalue weighted by molar-refractivity contribution is -0.139. The van der Waals surface area contributed by atoms with E-state index in [1.807, 2.05) is 13.8 Å². The van der Waals surface area contributed by atoms with Crippen molar-refractivity contribution >= 4 is 21.9 Å². The Balaban J connectivity index is 2.78. The Morgan fingerprint density at radius 3 is 2.18 bits per heavy atom.